The predicted octanol–water partition coefficient (Wildman–Crippen LogP) is 3.11. The van der Waals surface area contributed by atoms with E-state index in [0.29, 0.717) is 35.6 Å². The van der Waals surface area contributed by atoms with Crippen molar-refractivity contribution >= 4 is 23.2 Å². The van der Waals surface area contributed by atoms with Gasteiger partial charge in [-0.1, -0.05) is 11.6 Å². The average molecular weight is 265 g/mol. The van der Waals surface area contributed by atoms with E-state index >= 15 is 0 Å². The Morgan fingerprint density at radius 1 is 1.19 bits per heavy atom. The summed E-state index contributed by atoms with van der Waals surface area (Å²) in [6, 6.07) is 3.57. The normalized spacial score (nSPS) is 10.2. The van der Waals surface area contributed by atoms with Gasteiger partial charge in [0.25, 0.3) is 0 Å². The quantitative estimate of drug-likeness (QED) is 0.584. The van der Waals surface area contributed by atoms with Crippen LogP contribution in [0, 0.1) is 0 Å². The van der Waals surface area contributed by atoms with Crippen molar-refractivity contribution < 1.29 is 14.2 Å². The summed E-state index contributed by atoms with van der Waals surface area (Å²) in [6.45, 7) is 0.920. The molecule has 0 unspecified atom stereocenters. The summed E-state index contributed by atoms with van der Waals surface area (Å²) in [5.41, 5.74) is 0.891. The third-order valence-electron chi connectivity index (χ3n) is 1.98. The fourth-order valence-corrected chi connectivity index (χ4v) is 1.66. The molecule has 0 saturated heterocycles. The van der Waals surface area contributed by atoms with Gasteiger partial charge in [0, 0.05) is 13.0 Å². The van der Waals surface area contributed by atoms with Gasteiger partial charge in [-0.3, -0.25) is 0 Å². The van der Waals surface area contributed by atoms with Crippen LogP contribution in [0.5, 0.6) is 11.5 Å². The highest BCUT2D eigenvalue weighted by atomic mass is 35.5. The Labute approximate surface area is 105 Å². The Bertz CT molecular complexity index is 342. The van der Waals surface area contributed by atoms with Crippen molar-refractivity contribution in [2.24, 2.45) is 0 Å². The number of alkyl halides is 1. The van der Waals surface area contributed by atoms with Crippen molar-refractivity contribution in [1.29, 1.82) is 0 Å². The van der Waals surface area contributed by atoms with Crippen LogP contribution in [-0.4, -0.2) is 27.4 Å². The highest BCUT2D eigenvalue weighted by Crippen LogP contribution is 2.36. The van der Waals surface area contributed by atoms with Crippen LogP contribution < -0.4 is 9.47 Å². The molecule has 0 amide bonds. The monoisotopic (exact) mass is 264 g/mol. The summed E-state index contributed by atoms with van der Waals surface area (Å²) in [5, 5.41) is 0.492. The number of hydrogen-bond donors (Lipinski definition) is 0. The number of ether oxygens (including phenoxy) is 3. The van der Waals surface area contributed by atoms with E-state index in [1.807, 2.05) is 0 Å². The van der Waals surface area contributed by atoms with Gasteiger partial charge in [0.2, 0.25) is 0 Å². The number of hydrogen-bond acceptors (Lipinski definition) is 3. The first-order valence-corrected chi connectivity index (χ1v) is 5.68. The van der Waals surface area contributed by atoms with Gasteiger partial charge in [-0.15, -0.1) is 11.6 Å². The lowest BCUT2D eigenvalue weighted by molar-refractivity contribution is 0.144. The Kier molecular flexibility index (Phi) is 5.74. The lowest BCUT2D eigenvalue weighted by Gasteiger charge is -2.13. The summed E-state index contributed by atoms with van der Waals surface area (Å²) in [5.74, 6) is 1.49. The van der Waals surface area contributed by atoms with Crippen molar-refractivity contribution in [3.05, 3.63) is 22.7 Å². The number of benzene rings is 1. The molecule has 0 saturated carbocycles. The molecule has 0 aromatic heterocycles. The van der Waals surface area contributed by atoms with Crippen molar-refractivity contribution in [1.82, 2.24) is 0 Å². The number of methoxy groups -OCH3 is 2. The van der Waals surface area contributed by atoms with Crippen molar-refractivity contribution in [2.45, 2.75) is 5.88 Å². The third kappa shape index (κ3) is 3.44. The van der Waals surface area contributed by atoms with Crippen molar-refractivity contribution in [2.75, 3.05) is 27.4 Å². The van der Waals surface area contributed by atoms with Crippen LogP contribution in [0.25, 0.3) is 0 Å². The molecule has 0 bridgehead atoms. The molecule has 90 valence electrons. The Balaban J connectivity index is 2.88. The largest absolute Gasteiger partial charge is 0.493 e. The fraction of sp³-hybridized carbons (Fsp3) is 0.455. The molecule has 0 radical (unpaired) electrons. The van der Waals surface area contributed by atoms with E-state index in [1.165, 1.54) is 0 Å². The van der Waals surface area contributed by atoms with Gasteiger partial charge in [-0.25, -0.2) is 0 Å². The lowest BCUT2D eigenvalue weighted by Crippen LogP contribution is -2.06. The summed E-state index contributed by atoms with van der Waals surface area (Å²) in [6.07, 6.45) is 0. The van der Waals surface area contributed by atoms with Gasteiger partial charge in [0.15, 0.2) is 11.5 Å². The van der Waals surface area contributed by atoms with Gasteiger partial charge in [-0.05, 0) is 17.7 Å². The molecule has 0 fully saturated rings. The van der Waals surface area contributed by atoms with Crippen LogP contribution in [0.1, 0.15) is 5.56 Å². The highest BCUT2D eigenvalue weighted by molar-refractivity contribution is 6.32. The molecule has 0 N–H and O–H groups in total. The van der Waals surface area contributed by atoms with Crippen LogP contribution >= 0.6 is 23.2 Å². The summed E-state index contributed by atoms with van der Waals surface area (Å²) < 4.78 is 15.6. The topological polar surface area (TPSA) is 27.7 Å². The predicted molar refractivity (Wildman–Crippen MR) is 64.9 cm³/mol. The van der Waals surface area contributed by atoms with Gasteiger partial charge in [0.1, 0.15) is 6.61 Å². The number of halogens is 2. The molecule has 3 nitrogen and oxygen atoms in total. The van der Waals surface area contributed by atoms with E-state index in [9.17, 15) is 0 Å². The summed E-state index contributed by atoms with van der Waals surface area (Å²) in [4.78, 5) is 0. The smallest absolute Gasteiger partial charge is 0.179 e. The summed E-state index contributed by atoms with van der Waals surface area (Å²) in [7, 11) is 3.17. The van der Waals surface area contributed by atoms with Gasteiger partial charge < -0.3 is 14.2 Å². The van der Waals surface area contributed by atoms with Crippen LogP contribution in [0.3, 0.4) is 0 Å². The fourth-order valence-electron chi connectivity index (χ4n) is 1.22. The van der Waals surface area contributed by atoms with E-state index in [-0.39, 0.29) is 0 Å². The standard InChI is InChI=1S/C11H14Cl2O3/c1-14-3-4-16-11-9(13)5-8(7-12)6-10(11)15-2/h5-6H,3-4,7H2,1-2H3. The molecule has 0 atom stereocenters. The van der Waals surface area contributed by atoms with Crippen LogP contribution in [0.15, 0.2) is 12.1 Å². The molecule has 1 rings (SSSR count). The minimum absolute atomic E-state index is 0.383. The zero-order valence-electron chi connectivity index (χ0n) is 9.26. The zero-order chi connectivity index (χ0) is 12.0. The molecule has 0 spiro atoms. The maximum atomic E-state index is 6.07. The molecule has 1 aromatic rings. The molecule has 16 heavy (non-hydrogen) atoms. The first-order valence-electron chi connectivity index (χ1n) is 4.77. The molecular weight excluding hydrogens is 251 g/mol. The molecule has 0 aliphatic rings. The molecule has 5 heteroatoms. The highest BCUT2D eigenvalue weighted by Gasteiger charge is 2.11. The van der Waals surface area contributed by atoms with Gasteiger partial charge >= 0.3 is 0 Å². The average Bonchev–Trinajstić information content (AvgIpc) is 2.30. The second-order valence-electron chi connectivity index (χ2n) is 3.08. The number of rotatable bonds is 6. The maximum Gasteiger partial charge on any atom is 0.179 e. The third-order valence-corrected chi connectivity index (χ3v) is 2.57. The minimum atomic E-state index is 0.383. The second-order valence-corrected chi connectivity index (χ2v) is 3.76. The van der Waals surface area contributed by atoms with Crippen LogP contribution in [0.4, 0.5) is 0 Å². The summed E-state index contributed by atoms with van der Waals surface area (Å²) >= 11 is 11.8. The second kappa shape index (κ2) is 6.84. The van der Waals surface area contributed by atoms with Crippen LogP contribution in [0.2, 0.25) is 5.02 Å². The van der Waals surface area contributed by atoms with Gasteiger partial charge in [-0.2, -0.15) is 0 Å². The lowest BCUT2D eigenvalue weighted by atomic mass is 10.2. The van der Waals surface area contributed by atoms with E-state index in [4.69, 9.17) is 37.4 Å². The van der Waals surface area contributed by atoms with Crippen molar-refractivity contribution in [3.63, 3.8) is 0 Å². The van der Waals surface area contributed by atoms with E-state index in [2.05, 4.69) is 0 Å². The van der Waals surface area contributed by atoms with E-state index in [0.717, 1.165) is 5.56 Å². The minimum Gasteiger partial charge on any atom is -0.493 e. The van der Waals surface area contributed by atoms with Crippen molar-refractivity contribution in [3.8, 4) is 11.5 Å². The van der Waals surface area contributed by atoms with E-state index in [1.54, 1.807) is 26.4 Å². The first-order chi connectivity index (χ1) is 7.72. The zero-order valence-corrected chi connectivity index (χ0v) is 10.8. The Morgan fingerprint density at radius 2 is 1.94 bits per heavy atom. The molecule has 0 aliphatic carbocycles. The first kappa shape index (κ1) is 13.4. The maximum absolute atomic E-state index is 6.07. The van der Waals surface area contributed by atoms with Gasteiger partial charge in [0.05, 0.1) is 18.7 Å². The molecule has 0 heterocycles. The van der Waals surface area contributed by atoms with E-state index < -0.39 is 0 Å². The Morgan fingerprint density at radius 3 is 2.50 bits per heavy atom. The molecular formula is C11H14Cl2O3. The van der Waals surface area contributed by atoms with Crippen LogP contribution in [-0.2, 0) is 10.6 Å². The molecule has 0 aliphatic heterocycles. The molecule has 1 aromatic carbocycles. The SMILES string of the molecule is COCCOc1c(Cl)cc(CCl)cc1OC. The Hall–Kier alpha value is -0.640.